The topological polar surface area (TPSA) is 46.6 Å². The van der Waals surface area contributed by atoms with Gasteiger partial charge in [-0.15, -0.1) is 0 Å². The maximum absolute atomic E-state index is 11.8. The van der Waals surface area contributed by atoms with Crippen molar-refractivity contribution >= 4 is 22.8 Å². The molecule has 4 nitrogen and oxygen atoms in total. The third kappa shape index (κ3) is 5.44. The van der Waals surface area contributed by atoms with Crippen molar-refractivity contribution in [3.63, 3.8) is 0 Å². The molecule has 1 aromatic rings. The Hall–Kier alpha value is -1.33. The Morgan fingerprint density at radius 2 is 1.95 bits per heavy atom. The largest absolute Gasteiger partial charge is 0.468 e. The molecular weight excluding hydrogens is 262 g/mol. The van der Waals surface area contributed by atoms with Gasteiger partial charge in [0.2, 0.25) is 0 Å². The molecule has 0 bridgehead atoms. The van der Waals surface area contributed by atoms with Gasteiger partial charge in [0.1, 0.15) is 6.04 Å². The Morgan fingerprint density at radius 1 is 1.32 bits per heavy atom. The number of nitrogens with zero attached hydrogens (tertiary/aromatic N) is 1. The number of carbonyl (C=O) groups is 2. The van der Waals surface area contributed by atoms with Gasteiger partial charge in [0, 0.05) is 19.2 Å². The highest BCUT2D eigenvalue weighted by Gasteiger charge is 2.24. The number of esters is 1. The number of thioether (sulfide) groups is 1. The molecule has 0 heterocycles. The third-order valence-corrected chi connectivity index (χ3v) is 3.61. The SMILES string of the molecule is COC(=O)C(CSC(C)=O)N(C)Cc1ccccc1. The number of benzene rings is 1. The first-order valence-corrected chi connectivity index (χ1v) is 6.98. The van der Waals surface area contributed by atoms with E-state index in [4.69, 9.17) is 4.74 Å². The number of likely N-dealkylation sites (N-methyl/N-ethyl adjacent to an activating group) is 1. The normalized spacial score (nSPS) is 12.2. The lowest BCUT2D eigenvalue weighted by Gasteiger charge is -2.25. The Labute approximate surface area is 118 Å². The highest BCUT2D eigenvalue weighted by molar-refractivity contribution is 8.13. The lowest BCUT2D eigenvalue weighted by molar-refractivity contribution is -0.145. The summed E-state index contributed by atoms with van der Waals surface area (Å²) in [7, 11) is 3.22. The molecule has 104 valence electrons. The van der Waals surface area contributed by atoms with Crippen LogP contribution in [0.15, 0.2) is 30.3 Å². The molecule has 0 aliphatic carbocycles. The molecule has 0 spiro atoms. The molecule has 0 radical (unpaired) electrons. The van der Waals surface area contributed by atoms with Crippen molar-refractivity contribution in [1.82, 2.24) is 4.90 Å². The number of methoxy groups -OCH3 is 1. The molecule has 1 rings (SSSR count). The molecule has 0 amide bonds. The molecule has 1 aromatic carbocycles. The standard InChI is InChI=1S/C14H19NO3S/c1-11(16)19-10-13(14(17)18-3)15(2)9-12-7-5-4-6-8-12/h4-8,13H,9-10H2,1-3H3. The summed E-state index contributed by atoms with van der Waals surface area (Å²) in [6, 6.07) is 9.46. The van der Waals surface area contributed by atoms with Gasteiger partial charge < -0.3 is 4.74 Å². The average Bonchev–Trinajstić information content (AvgIpc) is 2.39. The van der Waals surface area contributed by atoms with E-state index in [1.807, 2.05) is 42.3 Å². The first-order valence-electron chi connectivity index (χ1n) is 6.00. The van der Waals surface area contributed by atoms with Crippen LogP contribution >= 0.6 is 11.8 Å². The van der Waals surface area contributed by atoms with E-state index in [-0.39, 0.29) is 11.1 Å². The van der Waals surface area contributed by atoms with Crippen molar-refractivity contribution in [2.45, 2.75) is 19.5 Å². The van der Waals surface area contributed by atoms with Gasteiger partial charge in [0.25, 0.3) is 0 Å². The van der Waals surface area contributed by atoms with Gasteiger partial charge in [-0.05, 0) is 12.6 Å². The number of ether oxygens (including phenoxy) is 1. The molecule has 0 saturated carbocycles. The van der Waals surface area contributed by atoms with Crippen molar-refractivity contribution in [3.05, 3.63) is 35.9 Å². The van der Waals surface area contributed by atoms with Gasteiger partial charge in [-0.1, -0.05) is 42.1 Å². The summed E-state index contributed by atoms with van der Waals surface area (Å²) in [5.74, 6) is 0.0953. The van der Waals surface area contributed by atoms with E-state index in [1.165, 1.54) is 14.0 Å². The predicted octanol–water partition coefficient (Wildman–Crippen LogP) is 1.94. The van der Waals surface area contributed by atoms with E-state index < -0.39 is 6.04 Å². The smallest absolute Gasteiger partial charge is 0.323 e. The Bertz CT molecular complexity index is 422. The van der Waals surface area contributed by atoms with Crippen LogP contribution in [0, 0.1) is 0 Å². The van der Waals surface area contributed by atoms with E-state index in [2.05, 4.69) is 0 Å². The lowest BCUT2D eigenvalue weighted by atomic mass is 10.2. The van der Waals surface area contributed by atoms with Crippen molar-refractivity contribution < 1.29 is 14.3 Å². The number of carbonyl (C=O) groups excluding carboxylic acids is 2. The van der Waals surface area contributed by atoms with Crippen LogP contribution in [0.2, 0.25) is 0 Å². The molecule has 5 heteroatoms. The summed E-state index contributed by atoms with van der Waals surface area (Å²) in [6.07, 6.45) is 0. The second-order valence-corrected chi connectivity index (χ2v) is 5.44. The van der Waals surface area contributed by atoms with Crippen LogP contribution in [0.3, 0.4) is 0 Å². The van der Waals surface area contributed by atoms with Crippen LogP contribution < -0.4 is 0 Å². The van der Waals surface area contributed by atoms with Crippen LogP contribution in [0.1, 0.15) is 12.5 Å². The Kier molecular flexibility index (Phi) is 6.59. The zero-order chi connectivity index (χ0) is 14.3. The summed E-state index contributed by atoms with van der Waals surface area (Å²) in [5.41, 5.74) is 1.12. The van der Waals surface area contributed by atoms with Crippen molar-refractivity contribution in [1.29, 1.82) is 0 Å². The molecule has 0 aliphatic heterocycles. The minimum Gasteiger partial charge on any atom is -0.468 e. The Morgan fingerprint density at radius 3 is 2.47 bits per heavy atom. The highest BCUT2D eigenvalue weighted by Crippen LogP contribution is 2.13. The van der Waals surface area contributed by atoms with Gasteiger partial charge in [0.05, 0.1) is 7.11 Å². The molecule has 1 atom stereocenters. The minimum absolute atomic E-state index is 0.00186. The van der Waals surface area contributed by atoms with Crippen LogP contribution in [0.25, 0.3) is 0 Å². The third-order valence-electron chi connectivity index (χ3n) is 2.72. The van der Waals surface area contributed by atoms with Gasteiger partial charge in [-0.2, -0.15) is 0 Å². The summed E-state index contributed by atoms with van der Waals surface area (Å²) in [6.45, 7) is 2.13. The van der Waals surface area contributed by atoms with E-state index in [0.29, 0.717) is 12.3 Å². The molecule has 0 saturated heterocycles. The molecule has 0 aromatic heterocycles. The quantitative estimate of drug-likeness (QED) is 0.746. The highest BCUT2D eigenvalue weighted by atomic mass is 32.2. The van der Waals surface area contributed by atoms with E-state index in [1.54, 1.807) is 0 Å². The van der Waals surface area contributed by atoms with Crippen LogP contribution in [-0.2, 0) is 20.9 Å². The van der Waals surface area contributed by atoms with E-state index in [0.717, 1.165) is 17.3 Å². The van der Waals surface area contributed by atoms with Crippen molar-refractivity contribution in [3.8, 4) is 0 Å². The molecule has 0 fully saturated rings. The fourth-order valence-corrected chi connectivity index (χ4v) is 2.47. The first-order chi connectivity index (χ1) is 9.04. The zero-order valence-corrected chi connectivity index (χ0v) is 12.3. The van der Waals surface area contributed by atoms with E-state index in [9.17, 15) is 9.59 Å². The van der Waals surface area contributed by atoms with Gasteiger partial charge in [0.15, 0.2) is 5.12 Å². The fraction of sp³-hybridized carbons (Fsp3) is 0.429. The zero-order valence-electron chi connectivity index (χ0n) is 11.5. The molecular formula is C14H19NO3S. The average molecular weight is 281 g/mol. The number of hydrogen-bond acceptors (Lipinski definition) is 5. The molecule has 19 heavy (non-hydrogen) atoms. The van der Waals surface area contributed by atoms with Crippen LogP contribution in [-0.4, -0.2) is 41.9 Å². The number of hydrogen-bond donors (Lipinski definition) is 0. The summed E-state index contributed by atoms with van der Waals surface area (Å²) >= 11 is 1.14. The van der Waals surface area contributed by atoms with Gasteiger partial charge >= 0.3 is 5.97 Å². The second-order valence-electron chi connectivity index (χ2n) is 4.24. The van der Waals surface area contributed by atoms with Crippen LogP contribution in [0.4, 0.5) is 0 Å². The summed E-state index contributed by atoms with van der Waals surface area (Å²) < 4.78 is 4.80. The molecule has 1 unspecified atom stereocenters. The van der Waals surface area contributed by atoms with Crippen LogP contribution in [0.5, 0.6) is 0 Å². The van der Waals surface area contributed by atoms with Gasteiger partial charge in [-0.3, -0.25) is 14.5 Å². The Balaban J connectivity index is 2.68. The van der Waals surface area contributed by atoms with Crippen molar-refractivity contribution in [2.24, 2.45) is 0 Å². The molecule has 0 N–H and O–H groups in total. The second kappa shape index (κ2) is 7.96. The van der Waals surface area contributed by atoms with E-state index >= 15 is 0 Å². The maximum Gasteiger partial charge on any atom is 0.323 e. The maximum atomic E-state index is 11.8. The number of rotatable bonds is 6. The fourth-order valence-electron chi connectivity index (χ4n) is 1.69. The first kappa shape index (κ1) is 15.7. The monoisotopic (exact) mass is 281 g/mol. The van der Waals surface area contributed by atoms with Crippen molar-refractivity contribution in [2.75, 3.05) is 19.9 Å². The lowest BCUT2D eigenvalue weighted by Crippen LogP contribution is -2.41. The van der Waals surface area contributed by atoms with Gasteiger partial charge in [-0.25, -0.2) is 0 Å². The predicted molar refractivity (Wildman–Crippen MR) is 76.9 cm³/mol. The molecule has 0 aliphatic rings. The minimum atomic E-state index is -0.417. The summed E-state index contributed by atoms with van der Waals surface area (Å²) in [5, 5.41) is 0.00186. The summed E-state index contributed by atoms with van der Waals surface area (Å²) in [4.78, 5) is 24.7.